The number of hydrogen-bond acceptors (Lipinski definition) is 5. The third-order valence-corrected chi connectivity index (χ3v) is 5.45. The van der Waals surface area contributed by atoms with Gasteiger partial charge in [0.1, 0.15) is 5.82 Å². The van der Waals surface area contributed by atoms with E-state index in [0.717, 1.165) is 0 Å². The van der Waals surface area contributed by atoms with Crippen LogP contribution in [0.15, 0.2) is 11.2 Å². The molecular formula is C12H19N3O4S. The number of aromatic nitrogens is 2. The zero-order chi connectivity index (χ0) is 14.9. The van der Waals surface area contributed by atoms with Crippen LogP contribution in [0.25, 0.3) is 0 Å². The maximum Gasteiger partial charge on any atom is 0.308 e. The lowest BCUT2D eigenvalue weighted by molar-refractivity contribution is -0.146. The highest BCUT2D eigenvalue weighted by molar-refractivity contribution is 7.89. The predicted molar refractivity (Wildman–Crippen MR) is 71.4 cm³/mol. The maximum atomic E-state index is 12.4. The molecule has 7 nitrogen and oxygen atoms in total. The summed E-state index contributed by atoms with van der Waals surface area (Å²) in [4.78, 5) is 15.5. The molecule has 2 heterocycles. The van der Waals surface area contributed by atoms with Crippen LogP contribution in [-0.4, -0.2) is 48.4 Å². The number of sulfonamides is 1. The number of piperidine rings is 1. The van der Waals surface area contributed by atoms with Gasteiger partial charge in [0.25, 0.3) is 10.0 Å². The summed E-state index contributed by atoms with van der Waals surface area (Å²) >= 11 is 0. The first-order valence-electron chi connectivity index (χ1n) is 6.44. The monoisotopic (exact) mass is 301 g/mol. The van der Waals surface area contributed by atoms with Crippen LogP contribution in [0.2, 0.25) is 0 Å². The minimum Gasteiger partial charge on any atom is -0.469 e. The van der Waals surface area contributed by atoms with Crippen LogP contribution in [0.1, 0.15) is 18.7 Å². The van der Waals surface area contributed by atoms with Gasteiger partial charge in [-0.3, -0.25) is 4.79 Å². The molecule has 8 heteroatoms. The zero-order valence-corrected chi connectivity index (χ0v) is 12.7. The molecule has 0 N–H and O–H groups in total. The summed E-state index contributed by atoms with van der Waals surface area (Å²) < 4.78 is 32.6. The van der Waals surface area contributed by atoms with Crippen molar-refractivity contribution in [1.29, 1.82) is 0 Å². The van der Waals surface area contributed by atoms with E-state index in [1.165, 1.54) is 17.6 Å². The SMILES string of the molecule is COC(=O)C1CCN(S(=O)(=O)c2cn(C)c(C)n2)CC1. The number of aryl methyl sites for hydroxylation is 2. The van der Waals surface area contributed by atoms with Crippen molar-refractivity contribution in [2.75, 3.05) is 20.2 Å². The fourth-order valence-corrected chi connectivity index (χ4v) is 3.78. The molecule has 0 aliphatic carbocycles. The second-order valence-corrected chi connectivity index (χ2v) is 6.82. The van der Waals surface area contributed by atoms with Gasteiger partial charge >= 0.3 is 5.97 Å². The van der Waals surface area contributed by atoms with Gasteiger partial charge in [-0.15, -0.1) is 0 Å². The van der Waals surface area contributed by atoms with Crippen LogP contribution in [0.4, 0.5) is 0 Å². The Labute approximate surface area is 118 Å². The Morgan fingerprint density at radius 3 is 2.45 bits per heavy atom. The zero-order valence-electron chi connectivity index (χ0n) is 11.9. The summed E-state index contributed by atoms with van der Waals surface area (Å²) in [6.07, 6.45) is 2.48. The number of hydrogen-bond donors (Lipinski definition) is 0. The standard InChI is InChI=1S/C12H19N3O4S/c1-9-13-11(8-14(9)2)20(17,18)15-6-4-10(5-7-15)12(16)19-3/h8,10H,4-7H2,1-3H3. The lowest BCUT2D eigenvalue weighted by Gasteiger charge is -2.29. The Balaban J connectivity index is 2.11. The van der Waals surface area contributed by atoms with Crippen LogP contribution in [-0.2, 0) is 26.6 Å². The summed E-state index contributed by atoms with van der Waals surface area (Å²) in [6, 6.07) is 0. The third kappa shape index (κ3) is 2.71. The summed E-state index contributed by atoms with van der Waals surface area (Å²) in [5.41, 5.74) is 0. The molecule has 1 aromatic rings. The van der Waals surface area contributed by atoms with E-state index in [2.05, 4.69) is 4.98 Å². The minimum atomic E-state index is -3.57. The molecule has 1 saturated heterocycles. The Kier molecular flexibility index (Phi) is 4.14. The molecule has 0 saturated carbocycles. The van der Waals surface area contributed by atoms with Gasteiger partial charge in [0.15, 0.2) is 5.03 Å². The lowest BCUT2D eigenvalue weighted by atomic mass is 9.99. The first-order chi connectivity index (χ1) is 9.36. The molecule has 1 aliphatic heterocycles. The number of nitrogens with zero attached hydrogens (tertiary/aromatic N) is 3. The van der Waals surface area contributed by atoms with E-state index >= 15 is 0 Å². The number of ether oxygens (including phenoxy) is 1. The molecule has 0 atom stereocenters. The van der Waals surface area contributed by atoms with Gasteiger partial charge in [-0.25, -0.2) is 13.4 Å². The van der Waals surface area contributed by atoms with Crippen molar-refractivity contribution in [3.8, 4) is 0 Å². The Bertz CT molecular complexity index is 581. The Morgan fingerprint density at radius 2 is 2.00 bits per heavy atom. The molecular weight excluding hydrogens is 282 g/mol. The van der Waals surface area contributed by atoms with E-state index in [9.17, 15) is 13.2 Å². The number of esters is 1. The summed E-state index contributed by atoms with van der Waals surface area (Å²) in [6.45, 7) is 2.39. The topological polar surface area (TPSA) is 81.5 Å². The number of carbonyl (C=O) groups is 1. The Morgan fingerprint density at radius 1 is 1.40 bits per heavy atom. The molecule has 20 heavy (non-hydrogen) atoms. The molecule has 1 aromatic heterocycles. The van der Waals surface area contributed by atoms with Crippen molar-refractivity contribution in [1.82, 2.24) is 13.9 Å². The fourth-order valence-electron chi connectivity index (χ4n) is 2.28. The first-order valence-corrected chi connectivity index (χ1v) is 7.88. The molecule has 112 valence electrons. The number of carbonyl (C=O) groups excluding carboxylic acids is 1. The highest BCUT2D eigenvalue weighted by Gasteiger charge is 2.33. The van der Waals surface area contributed by atoms with Gasteiger partial charge in [0.2, 0.25) is 0 Å². The highest BCUT2D eigenvalue weighted by atomic mass is 32.2. The van der Waals surface area contributed by atoms with Gasteiger partial charge in [-0.1, -0.05) is 0 Å². The number of imidazole rings is 1. The lowest BCUT2D eigenvalue weighted by Crippen LogP contribution is -2.40. The van der Waals surface area contributed by atoms with Crippen molar-refractivity contribution in [2.24, 2.45) is 13.0 Å². The van der Waals surface area contributed by atoms with Crippen molar-refractivity contribution in [2.45, 2.75) is 24.8 Å². The predicted octanol–water partition coefficient (Wildman–Crippen LogP) is 0.302. The summed E-state index contributed by atoms with van der Waals surface area (Å²) in [7, 11) is -0.466. The van der Waals surface area contributed by atoms with Crippen molar-refractivity contribution in [3.63, 3.8) is 0 Å². The average Bonchev–Trinajstić information content (AvgIpc) is 2.78. The van der Waals surface area contributed by atoms with Crippen molar-refractivity contribution in [3.05, 3.63) is 12.0 Å². The van der Waals surface area contributed by atoms with Crippen LogP contribution < -0.4 is 0 Å². The summed E-state index contributed by atoms with van der Waals surface area (Å²) in [5.74, 6) is 0.167. The van der Waals surface area contributed by atoms with Crippen LogP contribution >= 0.6 is 0 Å². The second-order valence-electron chi connectivity index (χ2n) is 4.94. The van der Waals surface area contributed by atoms with Gasteiger partial charge in [-0.2, -0.15) is 4.31 Å². The molecule has 0 bridgehead atoms. The van der Waals surface area contributed by atoms with Gasteiger partial charge in [-0.05, 0) is 19.8 Å². The van der Waals surface area contributed by atoms with Gasteiger partial charge < -0.3 is 9.30 Å². The molecule has 0 amide bonds. The van der Waals surface area contributed by atoms with Crippen molar-refractivity contribution >= 4 is 16.0 Å². The van der Waals surface area contributed by atoms with E-state index in [-0.39, 0.29) is 16.9 Å². The van der Waals surface area contributed by atoms with Crippen LogP contribution in [0, 0.1) is 12.8 Å². The summed E-state index contributed by atoms with van der Waals surface area (Å²) in [5, 5.41) is 0.0639. The van der Waals surface area contributed by atoms with Gasteiger partial charge in [0, 0.05) is 26.3 Å². The van der Waals surface area contributed by atoms with Gasteiger partial charge in [0.05, 0.1) is 13.0 Å². The third-order valence-electron chi connectivity index (χ3n) is 3.68. The molecule has 1 fully saturated rings. The molecule has 0 aromatic carbocycles. The average molecular weight is 301 g/mol. The minimum absolute atomic E-state index is 0.0639. The molecule has 1 aliphatic rings. The smallest absolute Gasteiger partial charge is 0.308 e. The quantitative estimate of drug-likeness (QED) is 0.750. The van der Waals surface area contributed by atoms with E-state index in [1.807, 2.05) is 0 Å². The molecule has 2 rings (SSSR count). The number of rotatable bonds is 3. The molecule has 0 unspecified atom stereocenters. The highest BCUT2D eigenvalue weighted by Crippen LogP contribution is 2.24. The number of methoxy groups -OCH3 is 1. The molecule has 0 radical (unpaired) electrons. The normalized spacial score (nSPS) is 18.1. The second kappa shape index (κ2) is 5.53. The largest absolute Gasteiger partial charge is 0.469 e. The van der Waals surface area contributed by atoms with Crippen LogP contribution in [0.5, 0.6) is 0 Å². The van der Waals surface area contributed by atoms with Crippen molar-refractivity contribution < 1.29 is 17.9 Å². The fraction of sp³-hybridized carbons (Fsp3) is 0.667. The first kappa shape index (κ1) is 15.0. The maximum absolute atomic E-state index is 12.4. The van der Waals surface area contributed by atoms with E-state index in [1.54, 1.807) is 18.5 Å². The van der Waals surface area contributed by atoms with Crippen LogP contribution in [0.3, 0.4) is 0 Å². The van der Waals surface area contributed by atoms with E-state index < -0.39 is 10.0 Å². The van der Waals surface area contributed by atoms with E-state index in [4.69, 9.17) is 4.74 Å². The molecule has 0 spiro atoms. The van der Waals surface area contributed by atoms with E-state index in [0.29, 0.717) is 31.8 Å². The Hall–Kier alpha value is -1.41.